The summed E-state index contributed by atoms with van der Waals surface area (Å²) >= 11 is 1.44. The number of nitrogens with one attached hydrogen (secondary N) is 1. The molecule has 0 saturated carbocycles. The number of aryl methyl sites for hydroxylation is 2. The minimum absolute atomic E-state index is 0.118. The Morgan fingerprint density at radius 3 is 3.00 bits per heavy atom. The Balaban J connectivity index is 1.76. The molecule has 0 bridgehead atoms. The van der Waals surface area contributed by atoms with Gasteiger partial charge in [0.25, 0.3) is 5.91 Å². The summed E-state index contributed by atoms with van der Waals surface area (Å²) in [7, 11) is 0. The van der Waals surface area contributed by atoms with E-state index >= 15 is 0 Å². The Hall–Kier alpha value is -2.61. The maximum atomic E-state index is 12.4. The third-order valence-corrected chi connectivity index (χ3v) is 4.59. The molecule has 3 heterocycles. The monoisotopic (exact) mass is 328 g/mol. The largest absolute Gasteiger partial charge is 0.347 e. The molecule has 1 N–H and O–H groups in total. The van der Waals surface area contributed by atoms with Crippen molar-refractivity contribution in [2.45, 2.75) is 26.8 Å². The van der Waals surface area contributed by atoms with Gasteiger partial charge >= 0.3 is 0 Å². The van der Waals surface area contributed by atoms with Gasteiger partial charge in [-0.15, -0.1) is 11.3 Å². The van der Waals surface area contributed by atoms with Crippen LogP contribution in [0.5, 0.6) is 0 Å². The van der Waals surface area contributed by atoms with Crippen LogP contribution < -0.4 is 5.32 Å². The topological polar surface area (TPSA) is 85.6 Å². The average molecular weight is 328 g/mol. The lowest BCUT2D eigenvalue weighted by Gasteiger charge is -2.08. The number of hydrogen-bond donors (Lipinski definition) is 1. The van der Waals surface area contributed by atoms with Gasteiger partial charge in [0.05, 0.1) is 10.7 Å². The number of amides is 1. The van der Waals surface area contributed by atoms with Crippen LogP contribution in [0.4, 0.5) is 0 Å². The first-order chi connectivity index (χ1) is 11.2. The molecule has 0 aliphatic heterocycles. The average Bonchev–Trinajstić information content (AvgIpc) is 3.22. The van der Waals surface area contributed by atoms with Gasteiger partial charge in [0, 0.05) is 18.3 Å². The molecule has 3 aromatic heterocycles. The Bertz CT molecular complexity index is 811. The van der Waals surface area contributed by atoms with Gasteiger partial charge in [0.2, 0.25) is 0 Å². The molecular formula is C15H16N6OS. The zero-order chi connectivity index (χ0) is 16.2. The number of aromatic nitrogens is 5. The normalized spacial score (nSPS) is 10.7. The van der Waals surface area contributed by atoms with E-state index in [-0.39, 0.29) is 5.91 Å². The number of carbonyl (C=O) groups excluding carboxylic acids is 1. The standard InChI is InChI=1S/C15H16N6OS/c1-3-12-20-10(2)13(23-12)15(22)18-7-11-5-4-6-17-14(11)21-9-16-8-19-21/h4-6,8-9H,3,7H2,1-2H3,(H,18,22). The van der Waals surface area contributed by atoms with E-state index in [1.165, 1.54) is 17.7 Å². The smallest absolute Gasteiger partial charge is 0.263 e. The van der Waals surface area contributed by atoms with Crippen LogP contribution in [-0.4, -0.2) is 30.6 Å². The molecule has 3 aromatic rings. The molecule has 1 amide bonds. The fourth-order valence-electron chi connectivity index (χ4n) is 2.16. The summed E-state index contributed by atoms with van der Waals surface area (Å²) in [4.78, 5) is 25.6. The van der Waals surface area contributed by atoms with Crippen LogP contribution in [0.2, 0.25) is 0 Å². The summed E-state index contributed by atoms with van der Waals surface area (Å²) in [5.74, 6) is 0.536. The summed E-state index contributed by atoms with van der Waals surface area (Å²) < 4.78 is 1.58. The predicted molar refractivity (Wildman–Crippen MR) is 86.6 cm³/mol. The van der Waals surface area contributed by atoms with Crippen LogP contribution in [0, 0.1) is 6.92 Å². The Labute approximate surface area is 137 Å². The van der Waals surface area contributed by atoms with Crippen molar-refractivity contribution in [3.8, 4) is 5.82 Å². The fourth-order valence-corrected chi connectivity index (χ4v) is 3.08. The summed E-state index contributed by atoms with van der Waals surface area (Å²) in [6.45, 7) is 4.25. The maximum absolute atomic E-state index is 12.4. The van der Waals surface area contributed by atoms with Crippen LogP contribution >= 0.6 is 11.3 Å². The van der Waals surface area contributed by atoms with Gasteiger partial charge < -0.3 is 5.32 Å². The lowest BCUT2D eigenvalue weighted by Crippen LogP contribution is -2.23. The molecule has 0 atom stereocenters. The van der Waals surface area contributed by atoms with E-state index in [1.54, 1.807) is 17.2 Å². The van der Waals surface area contributed by atoms with E-state index < -0.39 is 0 Å². The molecule has 0 aliphatic carbocycles. The lowest BCUT2D eigenvalue weighted by atomic mass is 10.2. The maximum Gasteiger partial charge on any atom is 0.263 e. The van der Waals surface area contributed by atoms with E-state index in [0.29, 0.717) is 17.2 Å². The van der Waals surface area contributed by atoms with Crippen LogP contribution in [0.1, 0.15) is 32.9 Å². The first-order valence-corrected chi connectivity index (χ1v) is 8.04. The molecule has 23 heavy (non-hydrogen) atoms. The molecule has 0 radical (unpaired) electrons. The number of pyridine rings is 1. The van der Waals surface area contributed by atoms with Gasteiger partial charge in [-0.3, -0.25) is 4.79 Å². The molecule has 0 fully saturated rings. The second-order valence-electron chi connectivity index (χ2n) is 4.88. The van der Waals surface area contributed by atoms with Crippen molar-refractivity contribution in [3.63, 3.8) is 0 Å². The van der Waals surface area contributed by atoms with Crippen LogP contribution in [0.15, 0.2) is 31.0 Å². The highest BCUT2D eigenvalue weighted by Gasteiger charge is 2.15. The van der Waals surface area contributed by atoms with E-state index in [1.807, 2.05) is 26.0 Å². The van der Waals surface area contributed by atoms with Gasteiger partial charge in [-0.25, -0.2) is 19.6 Å². The van der Waals surface area contributed by atoms with E-state index in [2.05, 4.69) is 25.4 Å². The molecular weight excluding hydrogens is 312 g/mol. The van der Waals surface area contributed by atoms with E-state index in [9.17, 15) is 4.79 Å². The summed E-state index contributed by atoms with van der Waals surface area (Å²) in [5, 5.41) is 7.98. The minimum Gasteiger partial charge on any atom is -0.347 e. The Morgan fingerprint density at radius 1 is 1.43 bits per heavy atom. The van der Waals surface area contributed by atoms with Gasteiger partial charge in [0.15, 0.2) is 5.82 Å². The summed E-state index contributed by atoms with van der Waals surface area (Å²) in [5.41, 5.74) is 1.64. The highest BCUT2D eigenvalue weighted by atomic mass is 32.1. The summed E-state index contributed by atoms with van der Waals surface area (Å²) in [6.07, 6.45) is 5.54. The third-order valence-electron chi connectivity index (χ3n) is 3.29. The van der Waals surface area contributed by atoms with Gasteiger partial charge in [-0.1, -0.05) is 13.0 Å². The lowest BCUT2D eigenvalue weighted by molar-refractivity contribution is 0.0954. The highest BCUT2D eigenvalue weighted by molar-refractivity contribution is 7.13. The van der Waals surface area contributed by atoms with Gasteiger partial charge in [0.1, 0.15) is 17.5 Å². The molecule has 0 aliphatic rings. The van der Waals surface area contributed by atoms with Crippen LogP contribution in [0.3, 0.4) is 0 Å². The second-order valence-corrected chi connectivity index (χ2v) is 5.97. The van der Waals surface area contributed by atoms with Crippen molar-refractivity contribution >= 4 is 17.2 Å². The van der Waals surface area contributed by atoms with Gasteiger partial charge in [-0.2, -0.15) is 5.10 Å². The first kappa shape index (κ1) is 15.3. The number of hydrogen-bond acceptors (Lipinski definition) is 6. The fraction of sp³-hybridized carbons (Fsp3) is 0.267. The van der Waals surface area contributed by atoms with Crippen molar-refractivity contribution in [2.24, 2.45) is 0 Å². The molecule has 3 rings (SSSR count). The SMILES string of the molecule is CCc1nc(C)c(C(=O)NCc2cccnc2-n2cncn2)s1. The molecule has 0 saturated heterocycles. The van der Waals surface area contributed by atoms with E-state index in [0.717, 1.165) is 22.7 Å². The zero-order valence-electron chi connectivity index (χ0n) is 12.9. The quantitative estimate of drug-likeness (QED) is 0.773. The van der Waals surface area contributed by atoms with Gasteiger partial charge in [-0.05, 0) is 19.4 Å². The molecule has 0 unspecified atom stereocenters. The second kappa shape index (κ2) is 6.66. The van der Waals surface area contributed by atoms with Crippen molar-refractivity contribution in [1.82, 2.24) is 30.0 Å². The number of thiazole rings is 1. The molecule has 118 valence electrons. The van der Waals surface area contributed by atoms with Crippen LogP contribution in [-0.2, 0) is 13.0 Å². The Kier molecular flexibility index (Phi) is 4.42. The van der Waals surface area contributed by atoms with E-state index in [4.69, 9.17) is 0 Å². The number of nitrogens with zero attached hydrogens (tertiary/aromatic N) is 5. The molecule has 8 heteroatoms. The van der Waals surface area contributed by atoms with Crippen molar-refractivity contribution in [1.29, 1.82) is 0 Å². The molecule has 0 spiro atoms. The highest BCUT2D eigenvalue weighted by Crippen LogP contribution is 2.18. The van der Waals surface area contributed by atoms with Crippen LogP contribution in [0.25, 0.3) is 5.82 Å². The Morgan fingerprint density at radius 2 is 2.30 bits per heavy atom. The minimum atomic E-state index is -0.118. The third kappa shape index (κ3) is 3.26. The van der Waals surface area contributed by atoms with Crippen molar-refractivity contribution in [3.05, 3.63) is 52.1 Å². The number of carbonyl (C=O) groups is 1. The summed E-state index contributed by atoms with van der Waals surface area (Å²) in [6, 6.07) is 3.73. The predicted octanol–water partition coefficient (Wildman–Crippen LogP) is 1.92. The van der Waals surface area contributed by atoms with Crippen molar-refractivity contribution < 1.29 is 4.79 Å². The zero-order valence-corrected chi connectivity index (χ0v) is 13.7. The molecule has 0 aromatic carbocycles. The van der Waals surface area contributed by atoms with Crippen molar-refractivity contribution in [2.75, 3.05) is 0 Å². The number of rotatable bonds is 5. The molecule has 7 nitrogen and oxygen atoms in total. The first-order valence-electron chi connectivity index (χ1n) is 7.22.